The zero-order valence-electron chi connectivity index (χ0n) is 10.7. The molecule has 4 bridgehead atoms. The van der Waals surface area contributed by atoms with Crippen molar-refractivity contribution in [2.45, 2.75) is 63.6 Å². The fourth-order valence-electron chi connectivity index (χ4n) is 5.47. The molecule has 4 saturated carbocycles. The molecule has 4 aliphatic carbocycles. The number of alkyl halides is 1. The average Bonchev–Trinajstić information content (AvgIpc) is 2.25. The van der Waals surface area contributed by atoms with Gasteiger partial charge in [0.05, 0.1) is 0 Å². The van der Waals surface area contributed by atoms with Crippen molar-refractivity contribution in [3.05, 3.63) is 0 Å². The first-order valence-corrected chi connectivity index (χ1v) is 8.18. The molecular formula is C15H25Br. The van der Waals surface area contributed by atoms with Crippen molar-refractivity contribution in [2.75, 3.05) is 0 Å². The third-order valence-corrected chi connectivity index (χ3v) is 7.42. The van der Waals surface area contributed by atoms with Crippen LogP contribution in [0.4, 0.5) is 0 Å². The molecule has 16 heavy (non-hydrogen) atoms. The molecule has 2 unspecified atom stereocenters. The molecule has 92 valence electrons. The van der Waals surface area contributed by atoms with Crippen molar-refractivity contribution in [3.63, 3.8) is 0 Å². The van der Waals surface area contributed by atoms with Gasteiger partial charge in [0.2, 0.25) is 0 Å². The second kappa shape index (κ2) is 4.00. The molecule has 2 atom stereocenters. The summed E-state index contributed by atoms with van der Waals surface area (Å²) < 4.78 is 0. The highest BCUT2D eigenvalue weighted by Gasteiger charge is 2.53. The normalized spacial score (nSPS) is 49.3. The van der Waals surface area contributed by atoms with Gasteiger partial charge in [-0.15, -0.1) is 0 Å². The third-order valence-electron chi connectivity index (χ3n) is 5.98. The average molecular weight is 285 g/mol. The maximum Gasteiger partial charge on any atom is 0.0174 e. The Kier molecular flexibility index (Phi) is 2.89. The first-order valence-electron chi connectivity index (χ1n) is 7.27. The lowest BCUT2D eigenvalue weighted by atomic mass is 9.46. The van der Waals surface area contributed by atoms with E-state index in [1.165, 1.54) is 6.42 Å². The van der Waals surface area contributed by atoms with Crippen LogP contribution in [0.5, 0.6) is 0 Å². The Morgan fingerprint density at radius 2 is 1.50 bits per heavy atom. The predicted molar refractivity (Wildman–Crippen MR) is 72.8 cm³/mol. The van der Waals surface area contributed by atoms with E-state index in [0.29, 0.717) is 0 Å². The Bertz CT molecular complexity index is 235. The molecule has 0 aromatic rings. The lowest BCUT2D eigenvalue weighted by Gasteiger charge is -2.60. The summed E-state index contributed by atoms with van der Waals surface area (Å²) in [5.41, 5.74) is 0.735. The van der Waals surface area contributed by atoms with E-state index in [4.69, 9.17) is 0 Å². The number of halogens is 1. The Balaban J connectivity index is 1.82. The second-order valence-electron chi connectivity index (χ2n) is 6.99. The summed E-state index contributed by atoms with van der Waals surface area (Å²) in [6.07, 6.45) is 10.7. The summed E-state index contributed by atoms with van der Waals surface area (Å²) in [6.45, 7) is 4.85. The molecule has 1 heteroatoms. The molecular weight excluding hydrogens is 260 g/mol. The summed E-state index contributed by atoms with van der Waals surface area (Å²) in [5.74, 6) is 4.20. The van der Waals surface area contributed by atoms with Gasteiger partial charge < -0.3 is 0 Å². The third kappa shape index (κ3) is 1.69. The first-order chi connectivity index (χ1) is 7.63. The van der Waals surface area contributed by atoms with Crippen LogP contribution in [0.1, 0.15) is 58.8 Å². The van der Waals surface area contributed by atoms with Gasteiger partial charge >= 0.3 is 0 Å². The summed E-state index contributed by atoms with van der Waals surface area (Å²) in [7, 11) is 0. The lowest BCUT2D eigenvalue weighted by Crippen LogP contribution is -2.50. The van der Waals surface area contributed by atoms with E-state index in [9.17, 15) is 0 Å². The predicted octanol–water partition coefficient (Wildman–Crippen LogP) is 5.01. The molecule has 4 rings (SSSR count). The second-order valence-corrected chi connectivity index (χ2v) is 8.17. The van der Waals surface area contributed by atoms with E-state index in [1.54, 1.807) is 38.5 Å². The highest BCUT2D eigenvalue weighted by atomic mass is 79.9. The quantitative estimate of drug-likeness (QED) is 0.639. The van der Waals surface area contributed by atoms with Crippen LogP contribution < -0.4 is 0 Å². The molecule has 4 fully saturated rings. The Labute approximate surface area is 109 Å². The van der Waals surface area contributed by atoms with Gasteiger partial charge in [-0.1, -0.05) is 29.8 Å². The minimum absolute atomic E-state index is 0.735. The lowest BCUT2D eigenvalue weighted by molar-refractivity contribution is -0.0830. The molecule has 0 aromatic heterocycles. The zero-order chi connectivity index (χ0) is 11.3. The minimum Gasteiger partial charge on any atom is -0.0888 e. The number of rotatable bonds is 3. The number of hydrogen-bond acceptors (Lipinski definition) is 0. The van der Waals surface area contributed by atoms with Gasteiger partial charge in [0.25, 0.3) is 0 Å². The standard InChI is InChI=1S/C15H25Br/c1-3-14(16)10(2)15-7-11-4-12(8-15)6-13(5-11)9-15/h10-14H,3-9H2,1-2H3. The summed E-state index contributed by atoms with van der Waals surface area (Å²) in [6, 6.07) is 0. The fraction of sp³-hybridized carbons (Fsp3) is 1.00. The zero-order valence-corrected chi connectivity index (χ0v) is 12.3. The van der Waals surface area contributed by atoms with E-state index >= 15 is 0 Å². The molecule has 0 N–H and O–H groups in total. The maximum atomic E-state index is 3.93. The van der Waals surface area contributed by atoms with Crippen LogP contribution in [-0.4, -0.2) is 4.83 Å². The van der Waals surface area contributed by atoms with Crippen LogP contribution in [0, 0.1) is 29.1 Å². The molecule has 0 nitrogen and oxygen atoms in total. The molecule has 0 radical (unpaired) electrons. The largest absolute Gasteiger partial charge is 0.0888 e. The molecule has 0 saturated heterocycles. The van der Waals surface area contributed by atoms with Crippen molar-refractivity contribution in [3.8, 4) is 0 Å². The van der Waals surface area contributed by atoms with E-state index < -0.39 is 0 Å². The SMILES string of the molecule is CCC(Br)C(C)C12CC3CC(CC(C3)C1)C2. The molecule has 0 aliphatic heterocycles. The van der Waals surface area contributed by atoms with Gasteiger partial charge in [0.1, 0.15) is 0 Å². The topological polar surface area (TPSA) is 0 Å². The van der Waals surface area contributed by atoms with Gasteiger partial charge in [-0.2, -0.15) is 0 Å². The van der Waals surface area contributed by atoms with Crippen molar-refractivity contribution in [2.24, 2.45) is 29.1 Å². The molecule has 0 amide bonds. The van der Waals surface area contributed by atoms with E-state index in [0.717, 1.165) is 33.9 Å². The van der Waals surface area contributed by atoms with Crippen LogP contribution >= 0.6 is 15.9 Å². The van der Waals surface area contributed by atoms with Gasteiger partial charge in [0.15, 0.2) is 0 Å². The van der Waals surface area contributed by atoms with Crippen molar-refractivity contribution < 1.29 is 0 Å². The van der Waals surface area contributed by atoms with E-state index in [-0.39, 0.29) is 0 Å². The molecule has 0 heterocycles. The smallest absolute Gasteiger partial charge is 0.0174 e. The van der Waals surface area contributed by atoms with Gasteiger partial charge in [-0.25, -0.2) is 0 Å². The van der Waals surface area contributed by atoms with Crippen LogP contribution in [0.3, 0.4) is 0 Å². The van der Waals surface area contributed by atoms with Crippen molar-refractivity contribution in [1.29, 1.82) is 0 Å². The summed E-state index contributed by atoms with van der Waals surface area (Å²) in [4.78, 5) is 0.753. The summed E-state index contributed by atoms with van der Waals surface area (Å²) in [5, 5.41) is 0. The van der Waals surface area contributed by atoms with Crippen molar-refractivity contribution >= 4 is 15.9 Å². The Morgan fingerprint density at radius 3 is 1.88 bits per heavy atom. The van der Waals surface area contributed by atoms with Gasteiger partial charge in [-0.05, 0) is 74.0 Å². The van der Waals surface area contributed by atoms with Gasteiger partial charge in [0, 0.05) is 4.83 Å². The van der Waals surface area contributed by atoms with E-state index in [1.807, 2.05) is 0 Å². The molecule has 0 spiro atoms. The molecule has 0 aromatic carbocycles. The highest BCUT2D eigenvalue weighted by Crippen LogP contribution is 2.63. The Hall–Kier alpha value is 0.480. The fourth-order valence-corrected chi connectivity index (χ4v) is 6.03. The van der Waals surface area contributed by atoms with Gasteiger partial charge in [-0.3, -0.25) is 0 Å². The van der Waals surface area contributed by atoms with Crippen molar-refractivity contribution in [1.82, 2.24) is 0 Å². The maximum absolute atomic E-state index is 3.93. The molecule has 4 aliphatic rings. The number of hydrogen-bond donors (Lipinski definition) is 0. The van der Waals surface area contributed by atoms with E-state index in [2.05, 4.69) is 29.8 Å². The van der Waals surface area contributed by atoms with Crippen LogP contribution in [0.2, 0.25) is 0 Å². The monoisotopic (exact) mass is 284 g/mol. The Morgan fingerprint density at radius 1 is 1.06 bits per heavy atom. The highest BCUT2D eigenvalue weighted by molar-refractivity contribution is 9.09. The summed E-state index contributed by atoms with van der Waals surface area (Å²) >= 11 is 3.93. The first kappa shape index (κ1) is 11.6. The minimum atomic E-state index is 0.735. The van der Waals surface area contributed by atoms with Crippen LogP contribution in [0.25, 0.3) is 0 Å². The van der Waals surface area contributed by atoms with Crippen LogP contribution in [0.15, 0.2) is 0 Å². The van der Waals surface area contributed by atoms with Crippen LogP contribution in [-0.2, 0) is 0 Å².